The third kappa shape index (κ3) is 5.48. The Morgan fingerprint density at radius 3 is 2.19 bits per heavy atom. The summed E-state index contributed by atoms with van der Waals surface area (Å²) in [6.07, 6.45) is 1.60. The fourth-order valence-corrected chi connectivity index (χ4v) is 2.88. The molecule has 0 aliphatic heterocycles. The van der Waals surface area contributed by atoms with Crippen molar-refractivity contribution in [3.05, 3.63) is 82.8 Å². The van der Waals surface area contributed by atoms with E-state index in [4.69, 9.17) is 4.74 Å². The molecule has 0 fully saturated rings. The molecule has 2 heterocycles. The molecule has 0 atom stereocenters. The summed E-state index contributed by atoms with van der Waals surface area (Å²) in [6, 6.07) is 17.5. The van der Waals surface area contributed by atoms with Crippen molar-refractivity contribution < 1.29 is 4.74 Å². The summed E-state index contributed by atoms with van der Waals surface area (Å²) in [5.41, 5.74) is 2.27. The van der Waals surface area contributed by atoms with Gasteiger partial charge in [-0.25, -0.2) is 18.7 Å². The highest BCUT2D eigenvalue weighted by Gasteiger charge is 2.14. The van der Waals surface area contributed by atoms with Gasteiger partial charge in [-0.05, 0) is 25.1 Å². The summed E-state index contributed by atoms with van der Waals surface area (Å²) >= 11 is 0. The van der Waals surface area contributed by atoms with E-state index in [2.05, 4.69) is 15.2 Å². The van der Waals surface area contributed by atoms with Gasteiger partial charge in [0.2, 0.25) is 0 Å². The first-order valence-electron chi connectivity index (χ1n) is 10.4. The van der Waals surface area contributed by atoms with Crippen LogP contribution in [0.3, 0.4) is 0 Å². The van der Waals surface area contributed by atoms with Crippen LogP contribution in [0.5, 0.6) is 6.01 Å². The Morgan fingerprint density at radius 1 is 0.903 bits per heavy atom. The zero-order chi connectivity index (χ0) is 22.8. The molecule has 0 spiro atoms. The number of rotatable bonds is 5. The molecule has 0 aliphatic carbocycles. The zero-order valence-electron chi connectivity index (χ0n) is 19.0. The molecule has 0 aliphatic rings. The normalized spacial score (nSPS) is 9.87. The molecule has 8 nitrogen and oxygen atoms in total. The fourth-order valence-electron chi connectivity index (χ4n) is 2.88. The summed E-state index contributed by atoms with van der Waals surface area (Å²) < 4.78 is 10.3. The molecule has 8 heteroatoms. The summed E-state index contributed by atoms with van der Waals surface area (Å²) in [4.78, 5) is 16.6. The van der Waals surface area contributed by atoms with E-state index in [-0.39, 0.29) is 18.3 Å². The third-order valence-electron chi connectivity index (χ3n) is 4.17. The van der Waals surface area contributed by atoms with Gasteiger partial charge < -0.3 is 4.74 Å². The van der Waals surface area contributed by atoms with Crippen LogP contribution >= 0.6 is 0 Å². The van der Waals surface area contributed by atoms with Gasteiger partial charge in [0.05, 0.1) is 11.4 Å². The van der Waals surface area contributed by atoms with Crippen molar-refractivity contribution in [2.24, 2.45) is 7.05 Å². The van der Waals surface area contributed by atoms with Gasteiger partial charge >= 0.3 is 11.7 Å². The van der Waals surface area contributed by atoms with Gasteiger partial charge in [-0.1, -0.05) is 64.1 Å². The minimum absolute atomic E-state index is 0.202. The number of para-hydroxylation sites is 2. The van der Waals surface area contributed by atoms with E-state index in [0.29, 0.717) is 5.82 Å². The Labute approximate surface area is 182 Å². The standard InChI is InChI=1S/C19H18N6O2.2C2H6/c1-14-21-23(2)19(26)25(14)17-11-7-6-8-15(17)12-27-18-20-13-24(22-18)16-9-4-3-5-10-16;2*1-2/h3-11,13H,12H2,1-2H3;2*1-2H3. The van der Waals surface area contributed by atoms with Gasteiger partial charge in [0.25, 0.3) is 0 Å². The molecule has 2 aromatic heterocycles. The predicted molar refractivity (Wildman–Crippen MR) is 122 cm³/mol. The predicted octanol–water partition coefficient (Wildman–Crippen LogP) is 4.09. The molecule has 0 unspecified atom stereocenters. The zero-order valence-corrected chi connectivity index (χ0v) is 19.0. The maximum Gasteiger partial charge on any atom is 0.350 e. The third-order valence-corrected chi connectivity index (χ3v) is 4.17. The molecule has 0 amide bonds. The Hall–Kier alpha value is -3.68. The number of nitrogens with zero attached hydrogens (tertiary/aromatic N) is 6. The Kier molecular flexibility index (Phi) is 8.75. The van der Waals surface area contributed by atoms with E-state index < -0.39 is 0 Å². The van der Waals surface area contributed by atoms with Crippen molar-refractivity contribution in [3.63, 3.8) is 0 Å². The van der Waals surface area contributed by atoms with Crippen LogP contribution in [0.15, 0.2) is 65.7 Å². The minimum atomic E-state index is -0.202. The summed E-state index contributed by atoms with van der Waals surface area (Å²) in [6.45, 7) is 10.0. The first kappa shape index (κ1) is 23.6. The average molecular weight is 423 g/mol. The van der Waals surface area contributed by atoms with E-state index >= 15 is 0 Å². The number of hydrogen-bond acceptors (Lipinski definition) is 5. The van der Waals surface area contributed by atoms with Crippen LogP contribution in [0.4, 0.5) is 0 Å². The van der Waals surface area contributed by atoms with Gasteiger partial charge in [-0.15, -0.1) is 5.10 Å². The SMILES string of the molecule is CC.CC.Cc1nn(C)c(=O)n1-c1ccccc1COc1ncn(-c2ccccc2)n1. The lowest BCUT2D eigenvalue weighted by molar-refractivity contribution is 0.280. The highest BCUT2D eigenvalue weighted by molar-refractivity contribution is 5.41. The molecule has 0 bridgehead atoms. The van der Waals surface area contributed by atoms with E-state index in [1.165, 1.54) is 4.68 Å². The summed E-state index contributed by atoms with van der Waals surface area (Å²) in [5, 5.41) is 8.52. The number of benzene rings is 2. The highest BCUT2D eigenvalue weighted by atomic mass is 16.5. The summed E-state index contributed by atoms with van der Waals surface area (Å²) in [7, 11) is 1.63. The molecule has 4 rings (SSSR count). The first-order valence-corrected chi connectivity index (χ1v) is 10.4. The van der Waals surface area contributed by atoms with E-state index in [9.17, 15) is 4.79 Å². The van der Waals surface area contributed by atoms with Crippen molar-refractivity contribution in [2.75, 3.05) is 0 Å². The monoisotopic (exact) mass is 422 g/mol. The molecule has 2 aromatic carbocycles. The van der Waals surface area contributed by atoms with E-state index in [0.717, 1.165) is 16.9 Å². The van der Waals surface area contributed by atoms with Crippen LogP contribution in [-0.2, 0) is 13.7 Å². The van der Waals surface area contributed by atoms with Gasteiger partial charge in [0.1, 0.15) is 18.8 Å². The van der Waals surface area contributed by atoms with Gasteiger partial charge in [0.15, 0.2) is 0 Å². The molecular formula is C23H30N6O2. The van der Waals surface area contributed by atoms with Crippen molar-refractivity contribution in [2.45, 2.75) is 41.2 Å². The molecule has 0 saturated carbocycles. The van der Waals surface area contributed by atoms with Crippen LogP contribution in [0.1, 0.15) is 39.1 Å². The first-order chi connectivity index (χ1) is 15.1. The molecule has 31 heavy (non-hydrogen) atoms. The van der Waals surface area contributed by atoms with Crippen LogP contribution in [-0.4, -0.2) is 29.1 Å². The lowest BCUT2D eigenvalue weighted by Crippen LogP contribution is -2.23. The van der Waals surface area contributed by atoms with Crippen molar-refractivity contribution >= 4 is 0 Å². The lowest BCUT2D eigenvalue weighted by atomic mass is 10.2. The van der Waals surface area contributed by atoms with Gasteiger partial charge in [0, 0.05) is 12.6 Å². The maximum absolute atomic E-state index is 12.4. The van der Waals surface area contributed by atoms with Crippen LogP contribution in [0.2, 0.25) is 0 Å². The van der Waals surface area contributed by atoms with E-state index in [1.54, 1.807) is 29.5 Å². The highest BCUT2D eigenvalue weighted by Crippen LogP contribution is 2.16. The quantitative estimate of drug-likeness (QED) is 0.484. The fraction of sp³-hybridized carbons (Fsp3) is 0.304. The number of aryl methyl sites for hydroxylation is 2. The summed E-state index contributed by atoms with van der Waals surface area (Å²) in [5.74, 6) is 0.612. The minimum Gasteiger partial charge on any atom is -0.457 e. The van der Waals surface area contributed by atoms with Crippen molar-refractivity contribution in [3.8, 4) is 17.4 Å². The second-order valence-corrected chi connectivity index (χ2v) is 6.01. The largest absolute Gasteiger partial charge is 0.457 e. The molecule has 0 saturated heterocycles. The van der Waals surface area contributed by atoms with Crippen LogP contribution in [0.25, 0.3) is 11.4 Å². The second kappa shape index (κ2) is 11.5. The Morgan fingerprint density at radius 2 is 1.55 bits per heavy atom. The second-order valence-electron chi connectivity index (χ2n) is 6.01. The topological polar surface area (TPSA) is 79.8 Å². The Bertz CT molecular complexity index is 1130. The van der Waals surface area contributed by atoms with E-state index in [1.807, 2.05) is 82.3 Å². The number of aromatic nitrogens is 6. The van der Waals surface area contributed by atoms with Crippen molar-refractivity contribution in [1.29, 1.82) is 0 Å². The average Bonchev–Trinajstić information content (AvgIpc) is 3.40. The molecule has 164 valence electrons. The maximum atomic E-state index is 12.4. The van der Waals surface area contributed by atoms with Crippen LogP contribution < -0.4 is 10.4 Å². The van der Waals surface area contributed by atoms with Crippen LogP contribution in [0, 0.1) is 6.92 Å². The number of hydrogen-bond donors (Lipinski definition) is 0. The molecule has 0 radical (unpaired) electrons. The molecular weight excluding hydrogens is 392 g/mol. The lowest BCUT2D eigenvalue weighted by Gasteiger charge is -2.10. The Balaban J connectivity index is 0.000000807. The van der Waals surface area contributed by atoms with Gasteiger partial charge in [-0.3, -0.25) is 0 Å². The van der Waals surface area contributed by atoms with Gasteiger partial charge in [-0.2, -0.15) is 10.1 Å². The van der Waals surface area contributed by atoms with Crippen molar-refractivity contribution in [1.82, 2.24) is 29.1 Å². The number of ether oxygens (including phenoxy) is 1. The molecule has 4 aromatic rings. The smallest absolute Gasteiger partial charge is 0.350 e. The molecule has 0 N–H and O–H groups in total.